The quantitative estimate of drug-likeness (QED) is 0.0551. The zero-order chi connectivity index (χ0) is 58.7. The van der Waals surface area contributed by atoms with Crippen molar-refractivity contribution < 1.29 is 77.1 Å². The summed E-state index contributed by atoms with van der Waals surface area (Å²) in [7, 11) is 8.54. The van der Waals surface area contributed by atoms with Gasteiger partial charge in [0, 0.05) is 55.7 Å². The second-order valence-corrected chi connectivity index (χ2v) is 23.1. The number of carbonyl (C=O) groups excluding carboxylic acids is 4. The molecule has 0 spiro atoms. The Labute approximate surface area is 471 Å². The molecule has 444 valence electrons. The predicted octanol–water partition coefficient (Wildman–Crippen LogP) is 5.98. The van der Waals surface area contributed by atoms with E-state index in [0.29, 0.717) is 29.3 Å². The lowest BCUT2D eigenvalue weighted by molar-refractivity contribution is -0.317. The number of aliphatic hydroxyl groups is 3. The Morgan fingerprint density at radius 3 is 2.13 bits per heavy atom. The number of ether oxygens (including phenoxy) is 9. The lowest BCUT2D eigenvalue weighted by Gasteiger charge is -2.49. The Balaban J connectivity index is 1.48. The van der Waals surface area contributed by atoms with Crippen molar-refractivity contribution in [3.8, 4) is 5.75 Å². The summed E-state index contributed by atoms with van der Waals surface area (Å²) < 4.78 is 56.2. The van der Waals surface area contributed by atoms with Crippen LogP contribution in [0.3, 0.4) is 0 Å². The average Bonchev–Trinajstić information content (AvgIpc) is 3.44. The average molecular weight is 1130 g/mol. The van der Waals surface area contributed by atoms with E-state index in [-0.39, 0.29) is 43.9 Å². The van der Waals surface area contributed by atoms with Crippen LogP contribution >= 0.6 is 11.6 Å². The normalized spacial score (nSPS) is 36.3. The highest BCUT2D eigenvalue weighted by atomic mass is 35.5. The van der Waals surface area contributed by atoms with Crippen LogP contribution in [0.1, 0.15) is 106 Å². The molecule has 22 heteroatoms. The van der Waals surface area contributed by atoms with Crippen molar-refractivity contribution in [3.05, 3.63) is 70.8 Å². The molecule has 0 saturated carbocycles. The van der Waals surface area contributed by atoms with Gasteiger partial charge in [0.15, 0.2) is 24.8 Å². The molecule has 3 aliphatic rings. The third-order valence-electron chi connectivity index (χ3n) is 15.8. The summed E-state index contributed by atoms with van der Waals surface area (Å²) in [5.74, 6) is -3.17. The Morgan fingerprint density at radius 2 is 1.52 bits per heavy atom. The highest BCUT2D eigenvalue weighted by Gasteiger charge is 2.54. The van der Waals surface area contributed by atoms with Crippen molar-refractivity contribution >= 4 is 41.7 Å². The first-order valence-corrected chi connectivity index (χ1v) is 27.6. The van der Waals surface area contributed by atoms with Gasteiger partial charge in [0.2, 0.25) is 0 Å². The van der Waals surface area contributed by atoms with E-state index >= 15 is 0 Å². The van der Waals surface area contributed by atoms with Gasteiger partial charge in [-0.05, 0) is 136 Å². The third-order valence-corrected chi connectivity index (χ3v) is 16.0. The van der Waals surface area contributed by atoms with Crippen molar-refractivity contribution in [2.75, 3.05) is 41.9 Å². The number of nitrogens with one attached hydrogen (secondary N) is 3. The summed E-state index contributed by atoms with van der Waals surface area (Å²) in [4.78, 5) is 58.4. The molecular weight excluding hydrogens is 1050 g/mol. The third kappa shape index (κ3) is 17.2. The fourth-order valence-corrected chi connectivity index (χ4v) is 11.4. The number of likely N-dealkylation sites (N-methyl/N-ethyl adjacent to an activating group) is 2. The molecule has 5 rings (SSSR count). The molecule has 3 fully saturated rings. The van der Waals surface area contributed by atoms with Gasteiger partial charge in [-0.25, -0.2) is 15.0 Å². The second kappa shape index (κ2) is 28.4. The number of amides is 3. The number of carbonyl (C=O) groups is 4. The molecule has 0 radical (unpaired) electrons. The largest absolute Gasteiger partial charge is 0.497 e. The van der Waals surface area contributed by atoms with Gasteiger partial charge in [-0.2, -0.15) is 0 Å². The number of halogens is 1. The lowest BCUT2D eigenvalue weighted by Crippen LogP contribution is -2.61. The molecule has 3 saturated heterocycles. The number of rotatable bonds is 14. The van der Waals surface area contributed by atoms with Crippen LogP contribution in [0, 0.1) is 17.8 Å². The number of aliphatic hydroxyl groups excluding tert-OH is 1. The highest BCUT2D eigenvalue weighted by molar-refractivity contribution is 6.30. The first-order chi connectivity index (χ1) is 37.0. The number of hydrogen-bond acceptors (Lipinski definition) is 18. The molecule has 6 N–H and O–H groups in total. The maximum atomic E-state index is 15.0. The number of hydrazine groups is 1. The smallest absolute Gasteiger partial charge is 0.426 e. The Morgan fingerprint density at radius 1 is 0.873 bits per heavy atom. The van der Waals surface area contributed by atoms with E-state index in [9.17, 15) is 34.5 Å². The number of esters is 1. The number of cyclic esters (lactones) is 1. The van der Waals surface area contributed by atoms with Crippen LogP contribution < -0.4 is 20.9 Å². The zero-order valence-corrected chi connectivity index (χ0v) is 49.4. The van der Waals surface area contributed by atoms with Crippen molar-refractivity contribution in [1.29, 1.82) is 0 Å². The van der Waals surface area contributed by atoms with Gasteiger partial charge in [-0.1, -0.05) is 56.6 Å². The van der Waals surface area contributed by atoms with Crippen LogP contribution in [-0.2, 0) is 54.0 Å². The molecule has 21 nitrogen and oxygen atoms in total. The van der Waals surface area contributed by atoms with Crippen LogP contribution in [0.15, 0.2) is 54.6 Å². The van der Waals surface area contributed by atoms with E-state index in [0.717, 1.165) is 5.56 Å². The van der Waals surface area contributed by atoms with E-state index in [1.54, 1.807) is 110 Å². The SMILES string of the molecule is CC[C@H]1OC(=O)[C@@H](C)[C@H](O[C@@H]2C[C@](C)(OC)[C@H](OC(=O)NNC(=O)/C=C/c3ccc(Cl)cc3)[C@@H](C)O2)[C@H](C)[C@H](O[C@H]2O[C@@H](C)C[C@@H](N(C)C)[C@@H]2O)[C@@](C)(O)C[C@H](C)CN(C)[C@@H](C)[C@H](OC(=O)NCc2ccc(OC)cc2)[C@@]1(C)O. The van der Waals surface area contributed by atoms with Gasteiger partial charge < -0.3 is 68.2 Å². The van der Waals surface area contributed by atoms with Gasteiger partial charge in [0.1, 0.15) is 29.2 Å². The maximum absolute atomic E-state index is 15.0. The molecule has 0 aromatic heterocycles. The zero-order valence-electron chi connectivity index (χ0n) is 48.6. The van der Waals surface area contributed by atoms with E-state index in [1.165, 1.54) is 20.1 Å². The molecule has 2 aromatic carbocycles. The Bertz CT molecular complexity index is 2330. The molecule has 3 aliphatic heterocycles. The highest BCUT2D eigenvalue weighted by Crippen LogP contribution is 2.41. The summed E-state index contributed by atoms with van der Waals surface area (Å²) >= 11 is 5.97. The van der Waals surface area contributed by atoms with E-state index in [4.69, 9.17) is 54.2 Å². The molecule has 3 heterocycles. The first kappa shape index (κ1) is 65.2. The summed E-state index contributed by atoms with van der Waals surface area (Å²) in [5.41, 5.74) is 1.05. The minimum atomic E-state index is -1.98. The van der Waals surface area contributed by atoms with Crippen LogP contribution in [-0.4, -0.2) is 181 Å². The monoisotopic (exact) mass is 1130 g/mol. The topological polar surface area (TPSA) is 255 Å². The second-order valence-electron chi connectivity index (χ2n) is 22.6. The Hall–Kier alpha value is -4.65. The van der Waals surface area contributed by atoms with Crippen LogP contribution in [0.4, 0.5) is 9.59 Å². The molecule has 0 bridgehead atoms. The fraction of sp³-hybridized carbons (Fsp3) is 0.684. The summed E-state index contributed by atoms with van der Waals surface area (Å²) in [6.45, 7) is 17.7. The van der Waals surface area contributed by atoms with Gasteiger partial charge in [-0.3, -0.25) is 19.9 Å². The van der Waals surface area contributed by atoms with Crippen molar-refractivity contribution in [3.63, 3.8) is 0 Å². The number of methoxy groups -OCH3 is 2. The Kier molecular flexibility index (Phi) is 23.4. The lowest BCUT2D eigenvalue weighted by atomic mass is 9.77. The number of nitrogens with zero attached hydrogens (tertiary/aromatic N) is 2. The van der Waals surface area contributed by atoms with Crippen molar-refractivity contribution in [2.24, 2.45) is 17.8 Å². The van der Waals surface area contributed by atoms with Gasteiger partial charge in [0.05, 0.1) is 43.0 Å². The molecule has 0 unspecified atom stereocenters. The van der Waals surface area contributed by atoms with Crippen LogP contribution in [0.5, 0.6) is 5.75 Å². The summed E-state index contributed by atoms with van der Waals surface area (Å²) in [6, 6.07) is 12.9. The molecule has 3 amide bonds. The van der Waals surface area contributed by atoms with E-state index in [2.05, 4.69) is 16.2 Å². The minimum Gasteiger partial charge on any atom is -0.497 e. The molecule has 2 aromatic rings. The van der Waals surface area contributed by atoms with Gasteiger partial charge >= 0.3 is 18.2 Å². The number of alkyl carbamates (subject to hydrolysis) is 1. The first-order valence-electron chi connectivity index (χ1n) is 27.2. The van der Waals surface area contributed by atoms with E-state index in [1.807, 2.05) is 44.8 Å². The standard InChI is InChI=1S/C57H88ClN5O16/c1-16-43-57(10,70)49(78-53(67)59-30-39-19-24-41(71-14)25-20-39)36(6)63(13)31-32(2)28-55(8,69)48(77-52-46(65)42(62(11)12)27-33(3)73-52)34(4)47(35(5)51(66)75-43)76-45-29-56(9,72-15)50(37(7)74-45)79-54(68)61-60-44(64)26-21-38-17-22-40(58)23-18-38/h17-26,32-37,42-43,45-50,52,65,69-70H,16,27-31H2,1-15H3,(H,59,67)(H,60,64)(H,61,68)/b26-21+/t32-,33-,34-,35-,36-,37+,42+,43+,45+,46-,47+,48-,49-,50+,52+,55-,56-,57-/m0/s1. The fourth-order valence-electron chi connectivity index (χ4n) is 11.3. The summed E-state index contributed by atoms with van der Waals surface area (Å²) in [5, 5.41) is 40.8. The molecule has 79 heavy (non-hydrogen) atoms. The van der Waals surface area contributed by atoms with E-state index < -0.39 is 114 Å². The summed E-state index contributed by atoms with van der Waals surface area (Å²) in [6.07, 6.45) is -9.13. The van der Waals surface area contributed by atoms with Crippen LogP contribution in [0.25, 0.3) is 6.08 Å². The van der Waals surface area contributed by atoms with Gasteiger partial charge in [-0.15, -0.1) is 0 Å². The molecule has 0 aliphatic carbocycles. The minimum absolute atomic E-state index is 0.0611. The number of benzene rings is 2. The molecular formula is C57H88ClN5O16. The van der Waals surface area contributed by atoms with Crippen molar-refractivity contribution in [2.45, 2.75) is 192 Å². The van der Waals surface area contributed by atoms with Gasteiger partial charge in [0.25, 0.3) is 5.91 Å². The maximum Gasteiger partial charge on any atom is 0.426 e. The van der Waals surface area contributed by atoms with Crippen molar-refractivity contribution in [1.82, 2.24) is 26.0 Å². The number of hydrogen-bond donors (Lipinski definition) is 6. The van der Waals surface area contributed by atoms with Crippen LogP contribution in [0.2, 0.25) is 5.02 Å². The molecule has 18 atom stereocenters. The predicted molar refractivity (Wildman–Crippen MR) is 294 cm³/mol.